The first-order valence-electron chi connectivity index (χ1n) is 19.0. The Morgan fingerprint density at radius 3 is 1.51 bits per heavy atom. The molecule has 3 saturated heterocycles. The Bertz CT molecular complexity index is 1220. The third-order valence-corrected chi connectivity index (χ3v) is 11.3. The first-order chi connectivity index (χ1) is 23.1. The van der Waals surface area contributed by atoms with Gasteiger partial charge < -0.3 is 8.94 Å². The van der Waals surface area contributed by atoms with Gasteiger partial charge in [-0.15, -0.1) is 0 Å². The number of likely N-dealkylation sites (tertiary alicyclic amines) is 3. The van der Waals surface area contributed by atoms with Crippen LogP contribution >= 0.6 is 0 Å². The van der Waals surface area contributed by atoms with Crippen LogP contribution in [0.15, 0.2) is 39.7 Å². The second-order valence-electron chi connectivity index (χ2n) is 18.2. The molecule has 0 unspecified atom stereocenters. The molecule has 9 nitrogen and oxygen atoms in total. The summed E-state index contributed by atoms with van der Waals surface area (Å²) >= 11 is 0. The van der Waals surface area contributed by atoms with Gasteiger partial charge >= 0.3 is 0 Å². The topological polar surface area (TPSA) is 90.5 Å². The number of nitrogens with zero attached hydrogens (tertiary/aromatic N) is 6. The molecule has 6 heterocycles. The van der Waals surface area contributed by atoms with E-state index < -0.39 is 0 Å². The molecule has 0 amide bonds. The number of oxazole rings is 1. The van der Waals surface area contributed by atoms with Crippen LogP contribution in [-0.2, 0) is 19.6 Å². The van der Waals surface area contributed by atoms with E-state index in [2.05, 4.69) is 103 Å². The van der Waals surface area contributed by atoms with E-state index in [0.29, 0.717) is 16.2 Å². The van der Waals surface area contributed by atoms with Gasteiger partial charge in [-0.2, -0.15) is 5.10 Å². The number of nitrogens with one attached hydrogen (secondary N) is 1. The summed E-state index contributed by atoms with van der Waals surface area (Å²) in [4.78, 5) is 11.6. The van der Waals surface area contributed by atoms with E-state index in [4.69, 9.17) is 8.94 Å². The van der Waals surface area contributed by atoms with Gasteiger partial charge in [-0.25, -0.2) is 4.98 Å². The first-order valence-corrected chi connectivity index (χ1v) is 19.0. The molecule has 3 aromatic heterocycles. The molecule has 1 N–H and O–H groups in total. The molecule has 0 aliphatic carbocycles. The monoisotopic (exact) mass is 680 g/mol. The fourth-order valence-corrected chi connectivity index (χ4v) is 7.73. The molecule has 0 radical (unpaired) electrons. The number of aryl methyl sites for hydroxylation is 1. The van der Waals surface area contributed by atoms with Crippen LogP contribution in [0.4, 0.5) is 0 Å². The largest absolute Gasteiger partial charge is 0.448 e. The molecule has 9 heteroatoms. The first kappa shape index (κ1) is 39.3. The number of hydrogen-bond acceptors (Lipinski definition) is 8. The fraction of sp³-hybridized carbons (Fsp3) is 0.775. The second kappa shape index (κ2) is 17.6. The lowest BCUT2D eigenvalue weighted by Gasteiger charge is -2.38. The van der Waals surface area contributed by atoms with Gasteiger partial charge in [0.05, 0.1) is 18.4 Å². The Labute approximate surface area is 298 Å². The van der Waals surface area contributed by atoms with Crippen molar-refractivity contribution in [3.63, 3.8) is 0 Å². The van der Waals surface area contributed by atoms with Gasteiger partial charge in [0.25, 0.3) is 0 Å². The van der Waals surface area contributed by atoms with Crippen molar-refractivity contribution in [2.24, 2.45) is 34.0 Å². The highest BCUT2D eigenvalue weighted by Gasteiger charge is 2.31. The average Bonchev–Trinajstić information content (AvgIpc) is 3.82. The molecular weight excluding hydrogens is 610 g/mol. The minimum absolute atomic E-state index is 0.453. The standard InChI is InChI=1S/C14H24N2O.C13H23N3.C13H22N2O/c1-11-9-13(15-17-11)10-16-7-5-12(6-8-16)14(2,3)4;1-13(2,3)11-5-8-16(9-6-11)10-12-4-7-14-15-12;1-13(2,3)11-4-7-15(8-5-11)10-12-14-6-9-16-12/h9,12H,5-8,10H2,1-4H3;4,7,11H,5-6,8-10H2,1-3H3,(H,14,15);6,9,11H,4-5,7-8,10H2,1-3H3. The number of aromatic amines is 1. The lowest BCUT2D eigenvalue weighted by molar-refractivity contribution is 0.102. The number of H-pyrrole nitrogens is 1. The SMILES string of the molecule is CC(C)(C)C1CCN(Cc2ccn[nH]2)CC1.CC(C)(C)C1CCN(Cc2ncco2)CC1.Cc1cc(CN2CCC(C(C)(C)C)CC2)no1. The van der Waals surface area contributed by atoms with Crippen molar-refractivity contribution in [1.82, 2.24) is 35.0 Å². The van der Waals surface area contributed by atoms with Gasteiger partial charge in [-0.05, 0) is 125 Å². The Morgan fingerprint density at radius 2 is 1.14 bits per heavy atom. The van der Waals surface area contributed by atoms with Crippen LogP contribution < -0.4 is 0 Å². The van der Waals surface area contributed by atoms with Crippen LogP contribution in [0, 0.1) is 40.9 Å². The lowest BCUT2D eigenvalue weighted by atomic mass is 9.75. The number of aromatic nitrogens is 4. The molecule has 3 aliphatic heterocycles. The van der Waals surface area contributed by atoms with Gasteiger partial charge in [0.2, 0.25) is 5.89 Å². The zero-order chi connectivity index (χ0) is 35.7. The number of rotatable bonds is 6. The molecule has 0 saturated carbocycles. The van der Waals surface area contributed by atoms with Crippen LogP contribution in [0.3, 0.4) is 0 Å². The zero-order valence-electron chi connectivity index (χ0n) is 32.7. The van der Waals surface area contributed by atoms with Gasteiger partial charge in [-0.3, -0.25) is 19.8 Å². The number of hydrogen-bond donors (Lipinski definition) is 1. The highest BCUT2D eigenvalue weighted by molar-refractivity contribution is 5.03. The molecule has 3 aromatic rings. The summed E-state index contributed by atoms with van der Waals surface area (Å²) in [6.45, 7) is 33.1. The van der Waals surface area contributed by atoms with E-state index in [9.17, 15) is 0 Å². The second-order valence-corrected chi connectivity index (χ2v) is 18.2. The Morgan fingerprint density at radius 1 is 0.673 bits per heavy atom. The molecule has 49 heavy (non-hydrogen) atoms. The quantitative estimate of drug-likeness (QED) is 0.276. The van der Waals surface area contributed by atoms with Crippen LogP contribution in [0.1, 0.15) is 124 Å². The third-order valence-electron chi connectivity index (χ3n) is 11.3. The van der Waals surface area contributed by atoms with Crippen LogP contribution in [0.25, 0.3) is 0 Å². The summed E-state index contributed by atoms with van der Waals surface area (Å²) in [5.74, 6) is 4.34. The highest BCUT2D eigenvalue weighted by Crippen LogP contribution is 2.36. The van der Waals surface area contributed by atoms with E-state index in [-0.39, 0.29) is 0 Å². The summed E-state index contributed by atoms with van der Waals surface area (Å²) in [7, 11) is 0. The maximum Gasteiger partial charge on any atom is 0.208 e. The van der Waals surface area contributed by atoms with Gasteiger partial charge in [0.1, 0.15) is 12.0 Å². The van der Waals surface area contributed by atoms with Crippen molar-refractivity contribution in [2.75, 3.05) is 39.3 Å². The molecule has 6 rings (SSSR count). The van der Waals surface area contributed by atoms with Gasteiger partial charge in [-0.1, -0.05) is 67.5 Å². The lowest BCUT2D eigenvalue weighted by Crippen LogP contribution is -2.37. The molecule has 0 aromatic carbocycles. The van der Waals surface area contributed by atoms with E-state index in [1.165, 1.54) is 83.5 Å². The normalized spacial score (nSPS) is 20.0. The van der Waals surface area contributed by atoms with Crippen molar-refractivity contribution in [3.05, 3.63) is 53.8 Å². The van der Waals surface area contributed by atoms with E-state index in [1.807, 2.05) is 19.2 Å². The minimum atomic E-state index is 0.453. The maximum absolute atomic E-state index is 5.28. The van der Waals surface area contributed by atoms with Crippen LogP contribution in [-0.4, -0.2) is 74.3 Å². The summed E-state index contributed by atoms with van der Waals surface area (Å²) in [6, 6.07) is 4.10. The van der Waals surface area contributed by atoms with E-state index >= 15 is 0 Å². The van der Waals surface area contributed by atoms with Crippen molar-refractivity contribution in [1.29, 1.82) is 0 Å². The Hall–Kier alpha value is -2.49. The molecule has 0 bridgehead atoms. The molecule has 3 aliphatic rings. The summed E-state index contributed by atoms with van der Waals surface area (Å²) < 4.78 is 10.4. The molecule has 0 atom stereocenters. The maximum atomic E-state index is 5.28. The van der Waals surface area contributed by atoms with Gasteiger partial charge in [0, 0.05) is 31.0 Å². The third kappa shape index (κ3) is 13.3. The van der Waals surface area contributed by atoms with E-state index in [1.54, 1.807) is 12.5 Å². The van der Waals surface area contributed by atoms with Crippen molar-refractivity contribution >= 4 is 0 Å². The predicted octanol–water partition coefficient (Wildman–Crippen LogP) is 8.84. The van der Waals surface area contributed by atoms with E-state index in [0.717, 1.165) is 54.7 Å². The zero-order valence-corrected chi connectivity index (χ0v) is 32.7. The fourth-order valence-electron chi connectivity index (χ4n) is 7.73. The van der Waals surface area contributed by atoms with Crippen molar-refractivity contribution in [3.8, 4) is 0 Å². The molecular formula is C40H69N7O2. The molecule has 276 valence electrons. The number of piperidine rings is 3. The smallest absolute Gasteiger partial charge is 0.208 e. The minimum Gasteiger partial charge on any atom is -0.448 e. The summed E-state index contributed by atoms with van der Waals surface area (Å²) in [5.41, 5.74) is 3.68. The predicted molar refractivity (Wildman–Crippen MR) is 199 cm³/mol. The summed E-state index contributed by atoms with van der Waals surface area (Å²) in [6.07, 6.45) is 13.1. The summed E-state index contributed by atoms with van der Waals surface area (Å²) in [5, 5.41) is 11.1. The van der Waals surface area contributed by atoms with Crippen molar-refractivity contribution < 1.29 is 8.94 Å². The highest BCUT2D eigenvalue weighted by atomic mass is 16.5. The molecule has 3 fully saturated rings. The van der Waals surface area contributed by atoms with Crippen LogP contribution in [0.5, 0.6) is 0 Å². The van der Waals surface area contributed by atoms with Crippen molar-refractivity contribution in [2.45, 2.75) is 127 Å². The van der Waals surface area contributed by atoms with Crippen LogP contribution in [0.2, 0.25) is 0 Å². The molecule has 0 spiro atoms. The Kier molecular flexibility index (Phi) is 14.1. The Balaban J connectivity index is 0.000000166. The average molecular weight is 680 g/mol. The van der Waals surface area contributed by atoms with Gasteiger partial charge in [0.15, 0.2) is 0 Å².